The molecule has 1 unspecified atom stereocenters. The fraction of sp³-hybridized carbons (Fsp3) is 0.350. The molecule has 1 atom stereocenters. The molecule has 0 saturated carbocycles. The van der Waals surface area contributed by atoms with Gasteiger partial charge in [-0.25, -0.2) is 4.98 Å². The van der Waals surface area contributed by atoms with E-state index in [-0.39, 0.29) is 18.4 Å². The molecule has 2 rings (SSSR count). The minimum atomic E-state index is -4.46. The number of halogens is 3. The van der Waals surface area contributed by atoms with Crippen LogP contribution in [-0.4, -0.2) is 40.5 Å². The first-order valence-corrected chi connectivity index (χ1v) is 9.82. The topological polar surface area (TPSA) is 62.3 Å². The highest BCUT2D eigenvalue weighted by Crippen LogP contribution is 2.30. The number of anilines is 1. The summed E-state index contributed by atoms with van der Waals surface area (Å²) >= 11 is 1.04. The molecule has 0 bridgehead atoms. The minimum Gasteiger partial charge on any atom is -0.335 e. The van der Waals surface area contributed by atoms with Gasteiger partial charge in [-0.2, -0.15) is 13.2 Å². The van der Waals surface area contributed by atoms with Crippen LogP contribution in [0.15, 0.2) is 47.6 Å². The number of nitrogens with one attached hydrogen (secondary N) is 1. The Morgan fingerprint density at radius 2 is 1.90 bits per heavy atom. The lowest BCUT2D eigenvalue weighted by Crippen LogP contribution is -2.39. The highest BCUT2D eigenvalue weighted by atomic mass is 32.2. The number of rotatable bonds is 7. The molecule has 156 valence electrons. The molecule has 9 heteroatoms. The van der Waals surface area contributed by atoms with Gasteiger partial charge in [0.15, 0.2) is 0 Å². The van der Waals surface area contributed by atoms with Gasteiger partial charge in [-0.05, 0) is 37.1 Å². The van der Waals surface area contributed by atoms with Crippen LogP contribution in [0.4, 0.5) is 18.9 Å². The first kappa shape index (κ1) is 22.7. The number of hydrogen-bond acceptors (Lipinski definition) is 4. The molecule has 2 amide bonds. The zero-order chi connectivity index (χ0) is 21.6. The van der Waals surface area contributed by atoms with Crippen LogP contribution in [0.3, 0.4) is 0 Å². The SMILES string of the molecule is CCc1ccccc1NC(=O)CN(C)C(=O)C(C)Sc1ccc(C(F)(F)F)cn1. The summed E-state index contributed by atoms with van der Waals surface area (Å²) in [5.41, 5.74) is 0.853. The fourth-order valence-corrected chi connectivity index (χ4v) is 3.50. The molecule has 5 nitrogen and oxygen atoms in total. The highest BCUT2D eigenvalue weighted by molar-refractivity contribution is 8.00. The summed E-state index contributed by atoms with van der Waals surface area (Å²) in [5.74, 6) is -0.651. The van der Waals surface area contributed by atoms with Crippen LogP contribution in [0, 0.1) is 0 Å². The average Bonchev–Trinajstić information content (AvgIpc) is 2.67. The average molecular weight is 425 g/mol. The Hall–Kier alpha value is -2.55. The fourth-order valence-electron chi connectivity index (χ4n) is 2.59. The monoisotopic (exact) mass is 425 g/mol. The van der Waals surface area contributed by atoms with Crippen molar-refractivity contribution in [3.05, 3.63) is 53.7 Å². The van der Waals surface area contributed by atoms with E-state index in [0.717, 1.165) is 36.0 Å². The van der Waals surface area contributed by atoms with Gasteiger partial charge < -0.3 is 10.2 Å². The predicted octanol–water partition coefficient (Wildman–Crippen LogP) is 4.24. The van der Waals surface area contributed by atoms with Crippen molar-refractivity contribution in [2.75, 3.05) is 18.9 Å². The standard InChI is InChI=1S/C20H22F3N3O2S/c1-4-14-7-5-6-8-16(14)25-17(27)12-26(3)19(28)13(2)29-18-10-9-15(11-24-18)20(21,22)23/h5-11,13H,4,12H2,1-3H3,(H,25,27). The largest absolute Gasteiger partial charge is 0.417 e. The lowest BCUT2D eigenvalue weighted by atomic mass is 10.1. The third-order valence-electron chi connectivity index (χ3n) is 4.14. The second-order valence-electron chi connectivity index (χ2n) is 6.40. The Morgan fingerprint density at radius 3 is 2.48 bits per heavy atom. The van der Waals surface area contributed by atoms with E-state index < -0.39 is 17.0 Å². The first-order chi connectivity index (χ1) is 13.6. The summed E-state index contributed by atoms with van der Waals surface area (Å²) in [6.45, 7) is 3.46. The maximum absolute atomic E-state index is 12.6. The predicted molar refractivity (Wildman–Crippen MR) is 107 cm³/mol. The summed E-state index contributed by atoms with van der Waals surface area (Å²) in [5, 5.41) is 2.49. The van der Waals surface area contributed by atoms with E-state index in [9.17, 15) is 22.8 Å². The van der Waals surface area contributed by atoms with Crippen molar-refractivity contribution < 1.29 is 22.8 Å². The van der Waals surface area contributed by atoms with Crippen LogP contribution in [0.2, 0.25) is 0 Å². The maximum atomic E-state index is 12.6. The van der Waals surface area contributed by atoms with Crippen molar-refractivity contribution in [1.82, 2.24) is 9.88 Å². The number of aromatic nitrogens is 1. The third-order valence-corrected chi connectivity index (χ3v) is 5.18. The zero-order valence-corrected chi connectivity index (χ0v) is 17.1. The molecule has 0 spiro atoms. The van der Waals surface area contributed by atoms with E-state index in [1.807, 2.05) is 25.1 Å². The van der Waals surface area contributed by atoms with Gasteiger partial charge >= 0.3 is 6.18 Å². The number of pyridine rings is 1. The molecule has 0 fully saturated rings. The smallest absolute Gasteiger partial charge is 0.335 e. The van der Waals surface area contributed by atoms with Crippen molar-refractivity contribution >= 4 is 29.3 Å². The summed E-state index contributed by atoms with van der Waals surface area (Å²) in [4.78, 5) is 29.8. The van der Waals surface area contributed by atoms with Gasteiger partial charge in [0.1, 0.15) is 0 Å². The molecule has 0 radical (unpaired) electrons. The van der Waals surface area contributed by atoms with E-state index in [1.54, 1.807) is 13.0 Å². The molecular weight excluding hydrogens is 403 g/mol. The molecule has 0 aliphatic carbocycles. The van der Waals surface area contributed by atoms with Crippen LogP contribution < -0.4 is 5.32 Å². The number of thioether (sulfide) groups is 1. The van der Waals surface area contributed by atoms with Crippen molar-refractivity contribution in [3.63, 3.8) is 0 Å². The number of para-hydroxylation sites is 1. The first-order valence-electron chi connectivity index (χ1n) is 8.94. The van der Waals surface area contributed by atoms with E-state index in [4.69, 9.17) is 0 Å². The minimum absolute atomic E-state index is 0.137. The number of alkyl halides is 3. The molecule has 1 N–H and O–H groups in total. The number of nitrogens with zero attached hydrogens (tertiary/aromatic N) is 2. The Balaban J connectivity index is 1.92. The van der Waals surface area contributed by atoms with E-state index in [1.165, 1.54) is 18.0 Å². The third kappa shape index (κ3) is 6.49. The van der Waals surface area contributed by atoms with Gasteiger partial charge in [0.05, 0.1) is 22.4 Å². The van der Waals surface area contributed by atoms with Crippen LogP contribution in [-0.2, 0) is 22.2 Å². The van der Waals surface area contributed by atoms with Gasteiger partial charge in [-0.3, -0.25) is 9.59 Å². The summed E-state index contributed by atoms with van der Waals surface area (Å²) in [7, 11) is 1.50. The number of amides is 2. The van der Waals surface area contributed by atoms with E-state index in [2.05, 4.69) is 10.3 Å². The van der Waals surface area contributed by atoms with Gasteiger partial charge in [0.2, 0.25) is 11.8 Å². The lowest BCUT2D eigenvalue weighted by molar-refractivity contribution is -0.138. The quantitative estimate of drug-likeness (QED) is 0.674. The molecule has 1 aromatic carbocycles. The Labute approximate surface area is 171 Å². The number of carbonyl (C=O) groups is 2. The molecule has 1 aromatic heterocycles. The molecule has 2 aromatic rings. The van der Waals surface area contributed by atoms with Crippen LogP contribution >= 0.6 is 11.8 Å². The molecule has 29 heavy (non-hydrogen) atoms. The molecular formula is C20H22F3N3O2S. The lowest BCUT2D eigenvalue weighted by Gasteiger charge is -2.21. The summed E-state index contributed by atoms with van der Waals surface area (Å²) in [6, 6.07) is 9.58. The highest BCUT2D eigenvalue weighted by Gasteiger charge is 2.31. The number of likely N-dealkylation sites (N-methyl/N-ethyl adjacent to an activating group) is 1. The Bertz CT molecular complexity index is 857. The van der Waals surface area contributed by atoms with Gasteiger partial charge in [-0.15, -0.1) is 0 Å². The number of benzene rings is 1. The summed E-state index contributed by atoms with van der Waals surface area (Å²) < 4.78 is 37.8. The molecule has 1 heterocycles. The second-order valence-corrected chi connectivity index (χ2v) is 7.76. The van der Waals surface area contributed by atoms with Gasteiger partial charge in [0, 0.05) is 18.9 Å². The molecule has 0 saturated heterocycles. The zero-order valence-electron chi connectivity index (χ0n) is 16.3. The van der Waals surface area contributed by atoms with E-state index in [0.29, 0.717) is 10.7 Å². The van der Waals surface area contributed by atoms with Crippen LogP contribution in [0.1, 0.15) is 25.0 Å². The Kier molecular flexibility index (Phi) is 7.66. The van der Waals surface area contributed by atoms with Gasteiger partial charge in [0.25, 0.3) is 0 Å². The second kappa shape index (κ2) is 9.78. The van der Waals surface area contributed by atoms with Crippen molar-refractivity contribution in [2.24, 2.45) is 0 Å². The van der Waals surface area contributed by atoms with Crippen molar-refractivity contribution in [2.45, 2.75) is 36.7 Å². The van der Waals surface area contributed by atoms with E-state index >= 15 is 0 Å². The summed E-state index contributed by atoms with van der Waals surface area (Å²) in [6.07, 6.45) is -2.96. The number of carbonyl (C=O) groups excluding carboxylic acids is 2. The van der Waals surface area contributed by atoms with Crippen LogP contribution in [0.25, 0.3) is 0 Å². The van der Waals surface area contributed by atoms with Crippen LogP contribution in [0.5, 0.6) is 0 Å². The Morgan fingerprint density at radius 1 is 1.21 bits per heavy atom. The normalized spacial score (nSPS) is 12.3. The maximum Gasteiger partial charge on any atom is 0.417 e. The number of hydrogen-bond donors (Lipinski definition) is 1. The number of aryl methyl sites for hydroxylation is 1. The van der Waals surface area contributed by atoms with Crippen molar-refractivity contribution in [3.8, 4) is 0 Å². The van der Waals surface area contributed by atoms with Crippen molar-refractivity contribution in [1.29, 1.82) is 0 Å². The molecule has 0 aliphatic heterocycles. The molecule has 0 aliphatic rings. The van der Waals surface area contributed by atoms with Gasteiger partial charge in [-0.1, -0.05) is 36.9 Å².